The number of nitrogens with two attached hydrogens (primary N) is 1. The van der Waals surface area contributed by atoms with E-state index >= 15 is 0 Å². The summed E-state index contributed by atoms with van der Waals surface area (Å²) in [5.41, 5.74) is 8.07. The van der Waals surface area contributed by atoms with Crippen LogP contribution in [-0.2, 0) is 0 Å². The van der Waals surface area contributed by atoms with E-state index in [1.165, 1.54) is 23.3 Å². The number of likely N-dealkylation sites (tertiary alicyclic amines) is 1. The molecule has 2 aromatic rings. The van der Waals surface area contributed by atoms with E-state index in [9.17, 15) is 4.79 Å². The molecule has 1 aliphatic heterocycles. The second-order valence-electron chi connectivity index (χ2n) is 6.17. The largest absolute Gasteiger partial charge is 0.397 e. The van der Waals surface area contributed by atoms with E-state index in [0.717, 1.165) is 36.0 Å². The average molecular weight is 302 g/mol. The van der Waals surface area contributed by atoms with Crippen molar-refractivity contribution < 1.29 is 4.79 Å². The highest BCUT2D eigenvalue weighted by atomic mass is 32.1. The summed E-state index contributed by atoms with van der Waals surface area (Å²) in [5.74, 6) is 0.825. The van der Waals surface area contributed by atoms with E-state index in [0.29, 0.717) is 16.5 Å². The highest BCUT2D eigenvalue weighted by Gasteiger charge is 2.24. The maximum atomic E-state index is 12.8. The first-order valence-corrected chi connectivity index (χ1v) is 8.46. The molecule has 3 rings (SSSR count). The van der Waals surface area contributed by atoms with Gasteiger partial charge in [-0.3, -0.25) is 4.79 Å². The van der Waals surface area contributed by atoms with Crippen LogP contribution >= 0.6 is 11.3 Å². The SMILES string of the molecule is Cc1ccc2sc(C(=O)N3CCCC(C)CC3)c(N)c2c1. The summed E-state index contributed by atoms with van der Waals surface area (Å²) in [5, 5.41) is 1.02. The summed E-state index contributed by atoms with van der Waals surface area (Å²) >= 11 is 1.53. The van der Waals surface area contributed by atoms with Crippen molar-refractivity contribution in [2.24, 2.45) is 5.92 Å². The van der Waals surface area contributed by atoms with E-state index in [2.05, 4.69) is 25.1 Å². The number of nitrogens with zero attached hydrogens (tertiary/aromatic N) is 1. The Hall–Kier alpha value is -1.55. The molecule has 4 heteroatoms. The third kappa shape index (κ3) is 2.77. The zero-order chi connectivity index (χ0) is 15.0. The van der Waals surface area contributed by atoms with Crippen LogP contribution in [0.15, 0.2) is 18.2 Å². The number of carbonyl (C=O) groups excluding carboxylic acids is 1. The molecular weight excluding hydrogens is 280 g/mol. The highest BCUT2D eigenvalue weighted by Crippen LogP contribution is 2.35. The number of benzene rings is 1. The lowest BCUT2D eigenvalue weighted by Gasteiger charge is -2.19. The number of amides is 1. The molecule has 1 atom stereocenters. The molecule has 1 aromatic carbocycles. The van der Waals surface area contributed by atoms with Crippen LogP contribution in [0.4, 0.5) is 5.69 Å². The summed E-state index contributed by atoms with van der Waals surface area (Å²) in [6, 6.07) is 6.20. The van der Waals surface area contributed by atoms with Gasteiger partial charge in [-0.25, -0.2) is 0 Å². The van der Waals surface area contributed by atoms with Gasteiger partial charge in [-0.15, -0.1) is 11.3 Å². The topological polar surface area (TPSA) is 46.3 Å². The van der Waals surface area contributed by atoms with Gasteiger partial charge < -0.3 is 10.6 Å². The minimum absolute atomic E-state index is 0.112. The van der Waals surface area contributed by atoms with Crippen LogP contribution in [0.25, 0.3) is 10.1 Å². The van der Waals surface area contributed by atoms with Crippen LogP contribution in [0.1, 0.15) is 41.4 Å². The minimum atomic E-state index is 0.112. The van der Waals surface area contributed by atoms with Gasteiger partial charge in [-0.05, 0) is 44.2 Å². The van der Waals surface area contributed by atoms with Crippen LogP contribution in [0, 0.1) is 12.8 Å². The molecular formula is C17H22N2OS. The summed E-state index contributed by atoms with van der Waals surface area (Å²) in [4.78, 5) is 15.5. The average Bonchev–Trinajstić information content (AvgIpc) is 2.64. The number of nitrogen functional groups attached to an aromatic ring is 1. The normalized spacial score (nSPS) is 19.7. The number of thiophene rings is 1. The van der Waals surface area contributed by atoms with E-state index < -0.39 is 0 Å². The van der Waals surface area contributed by atoms with Gasteiger partial charge in [-0.1, -0.05) is 18.6 Å². The highest BCUT2D eigenvalue weighted by molar-refractivity contribution is 7.21. The third-order valence-corrected chi connectivity index (χ3v) is 5.55. The maximum absolute atomic E-state index is 12.8. The van der Waals surface area contributed by atoms with Crippen molar-refractivity contribution in [1.82, 2.24) is 4.90 Å². The summed E-state index contributed by atoms with van der Waals surface area (Å²) in [6.45, 7) is 6.03. The zero-order valence-corrected chi connectivity index (χ0v) is 13.5. The zero-order valence-electron chi connectivity index (χ0n) is 12.7. The van der Waals surface area contributed by atoms with E-state index in [-0.39, 0.29) is 5.91 Å². The number of rotatable bonds is 1. The summed E-state index contributed by atoms with van der Waals surface area (Å²) < 4.78 is 1.10. The van der Waals surface area contributed by atoms with E-state index in [1.54, 1.807) is 0 Å². The fourth-order valence-corrected chi connectivity index (χ4v) is 4.07. The third-order valence-electron chi connectivity index (χ3n) is 4.38. The van der Waals surface area contributed by atoms with Gasteiger partial charge >= 0.3 is 0 Å². The van der Waals surface area contributed by atoms with Gasteiger partial charge in [0.1, 0.15) is 4.88 Å². The van der Waals surface area contributed by atoms with E-state index in [4.69, 9.17) is 5.73 Å². The number of anilines is 1. The quantitative estimate of drug-likeness (QED) is 0.863. The molecule has 3 nitrogen and oxygen atoms in total. The first kappa shape index (κ1) is 14.4. The second kappa shape index (κ2) is 5.68. The smallest absolute Gasteiger partial charge is 0.266 e. The Labute approximate surface area is 129 Å². The molecule has 0 saturated carbocycles. The predicted molar refractivity (Wildman–Crippen MR) is 89.9 cm³/mol. The Morgan fingerprint density at radius 1 is 1.33 bits per heavy atom. The Morgan fingerprint density at radius 3 is 2.95 bits per heavy atom. The Kier molecular flexibility index (Phi) is 3.89. The van der Waals surface area contributed by atoms with Gasteiger partial charge in [-0.2, -0.15) is 0 Å². The molecule has 1 saturated heterocycles. The maximum Gasteiger partial charge on any atom is 0.266 e. The molecule has 1 amide bonds. The van der Waals surface area contributed by atoms with Gasteiger partial charge in [0.05, 0.1) is 5.69 Å². The van der Waals surface area contributed by atoms with Crippen LogP contribution in [0.2, 0.25) is 0 Å². The number of hydrogen-bond acceptors (Lipinski definition) is 3. The van der Waals surface area contributed by atoms with Gasteiger partial charge in [0, 0.05) is 23.2 Å². The van der Waals surface area contributed by atoms with Crippen molar-refractivity contribution in [3.8, 4) is 0 Å². The first-order chi connectivity index (χ1) is 10.1. The molecule has 1 fully saturated rings. The van der Waals surface area contributed by atoms with Crippen LogP contribution < -0.4 is 5.73 Å². The molecule has 112 valence electrons. The van der Waals surface area contributed by atoms with Crippen molar-refractivity contribution in [2.75, 3.05) is 18.8 Å². The molecule has 0 spiro atoms. The van der Waals surface area contributed by atoms with Crippen LogP contribution in [0.5, 0.6) is 0 Å². The van der Waals surface area contributed by atoms with Crippen LogP contribution in [0.3, 0.4) is 0 Å². The molecule has 1 aromatic heterocycles. The number of hydrogen-bond donors (Lipinski definition) is 1. The van der Waals surface area contributed by atoms with Crippen LogP contribution in [-0.4, -0.2) is 23.9 Å². The van der Waals surface area contributed by atoms with Gasteiger partial charge in [0.2, 0.25) is 0 Å². The van der Waals surface area contributed by atoms with Crippen molar-refractivity contribution in [2.45, 2.75) is 33.1 Å². The standard InChI is InChI=1S/C17H22N2OS/c1-11-4-3-8-19(9-7-11)17(20)16-15(18)13-10-12(2)5-6-14(13)21-16/h5-6,10-11H,3-4,7-9,18H2,1-2H3. The molecule has 21 heavy (non-hydrogen) atoms. The second-order valence-corrected chi connectivity index (χ2v) is 7.22. The van der Waals surface area contributed by atoms with Crippen molar-refractivity contribution in [3.05, 3.63) is 28.6 Å². The van der Waals surface area contributed by atoms with Gasteiger partial charge in [0.25, 0.3) is 5.91 Å². The Bertz CT molecular complexity index is 677. The molecule has 1 aliphatic rings. The fourth-order valence-electron chi connectivity index (χ4n) is 3.00. The fraction of sp³-hybridized carbons (Fsp3) is 0.471. The predicted octanol–water partition coefficient (Wildman–Crippen LogP) is 4.05. The summed E-state index contributed by atoms with van der Waals surface area (Å²) in [6.07, 6.45) is 3.40. The molecule has 2 heterocycles. The molecule has 0 bridgehead atoms. The molecule has 1 unspecified atom stereocenters. The molecule has 0 radical (unpaired) electrons. The number of aryl methyl sites for hydroxylation is 1. The molecule has 0 aliphatic carbocycles. The Balaban J connectivity index is 1.92. The molecule has 2 N–H and O–H groups in total. The van der Waals surface area contributed by atoms with Crippen molar-refractivity contribution in [3.63, 3.8) is 0 Å². The summed E-state index contributed by atoms with van der Waals surface area (Å²) in [7, 11) is 0. The lowest BCUT2D eigenvalue weighted by atomic mass is 10.0. The lowest BCUT2D eigenvalue weighted by Crippen LogP contribution is -2.31. The number of carbonyl (C=O) groups is 1. The Morgan fingerprint density at radius 2 is 2.14 bits per heavy atom. The monoisotopic (exact) mass is 302 g/mol. The lowest BCUT2D eigenvalue weighted by molar-refractivity contribution is 0.0766. The van der Waals surface area contributed by atoms with Gasteiger partial charge in [0.15, 0.2) is 0 Å². The van der Waals surface area contributed by atoms with E-state index in [1.807, 2.05) is 11.8 Å². The number of fused-ring (bicyclic) bond motifs is 1. The van der Waals surface area contributed by atoms with Crippen molar-refractivity contribution in [1.29, 1.82) is 0 Å². The van der Waals surface area contributed by atoms with Crippen molar-refractivity contribution >= 4 is 33.0 Å². The minimum Gasteiger partial charge on any atom is -0.397 e. The first-order valence-electron chi connectivity index (χ1n) is 7.64.